The summed E-state index contributed by atoms with van der Waals surface area (Å²) in [5.41, 5.74) is 7.36. The molecule has 2 atom stereocenters. The maximum Gasteiger partial charge on any atom is 0.288 e. The molecule has 9 nitrogen and oxygen atoms in total. The standard InChI is InChI=1S/C34H40N6O3S/c1-7-26-20-39(19-25-17-35-13-12-29(25)43-26)18-24-16-23(9-8-21(24)2)30(34(4,5)32(41)40-14-15-44-33(40)42)27-10-11-28-31(22(27)3)36-37-38(28)6/h8-13,16-17,26,30H,7,14-15,18-20H2,1-6H3/t26-,30?/m1/s1. The van der Waals surface area contributed by atoms with Crippen molar-refractivity contribution in [3.63, 3.8) is 0 Å². The Morgan fingerprint density at radius 1 is 1.18 bits per heavy atom. The first-order valence-electron chi connectivity index (χ1n) is 15.3. The second-order valence-electron chi connectivity index (χ2n) is 12.6. The number of carbonyl (C=O) groups excluding carboxylic acids is 2. The number of fused-ring (bicyclic) bond motifs is 2. The van der Waals surface area contributed by atoms with Crippen molar-refractivity contribution in [2.24, 2.45) is 12.5 Å². The fourth-order valence-electron chi connectivity index (χ4n) is 6.67. The van der Waals surface area contributed by atoms with Crippen LogP contribution in [0.4, 0.5) is 4.79 Å². The molecule has 10 heteroatoms. The first-order chi connectivity index (χ1) is 21.1. The first-order valence-corrected chi connectivity index (χ1v) is 16.3. The van der Waals surface area contributed by atoms with Gasteiger partial charge in [-0.3, -0.25) is 24.4 Å². The third kappa shape index (κ3) is 5.49. The van der Waals surface area contributed by atoms with Crippen LogP contribution in [0.2, 0.25) is 0 Å². The van der Waals surface area contributed by atoms with Gasteiger partial charge in [0.05, 0.1) is 10.9 Å². The van der Waals surface area contributed by atoms with Crippen LogP contribution in [0.1, 0.15) is 66.5 Å². The molecular weight excluding hydrogens is 572 g/mol. The second-order valence-corrected chi connectivity index (χ2v) is 13.6. The minimum atomic E-state index is -0.915. The third-order valence-corrected chi connectivity index (χ3v) is 10.1. The van der Waals surface area contributed by atoms with Gasteiger partial charge in [-0.1, -0.05) is 62.0 Å². The number of pyridine rings is 1. The van der Waals surface area contributed by atoms with Crippen molar-refractivity contribution in [3.05, 3.63) is 82.2 Å². The van der Waals surface area contributed by atoms with E-state index < -0.39 is 5.41 Å². The minimum absolute atomic E-state index is 0.0867. The predicted molar refractivity (Wildman–Crippen MR) is 173 cm³/mol. The topological polar surface area (TPSA) is 93.5 Å². The van der Waals surface area contributed by atoms with Gasteiger partial charge in [0.2, 0.25) is 5.91 Å². The molecule has 1 unspecified atom stereocenters. The molecule has 0 saturated carbocycles. The third-order valence-electron chi connectivity index (χ3n) is 9.23. The van der Waals surface area contributed by atoms with Crippen LogP contribution in [0.25, 0.3) is 11.0 Å². The van der Waals surface area contributed by atoms with Crippen molar-refractivity contribution < 1.29 is 14.3 Å². The van der Waals surface area contributed by atoms with E-state index in [0.717, 1.165) is 65.1 Å². The Morgan fingerprint density at radius 3 is 2.75 bits per heavy atom. The molecule has 230 valence electrons. The van der Waals surface area contributed by atoms with Crippen LogP contribution in [-0.4, -0.2) is 65.9 Å². The Hall–Kier alpha value is -3.76. The number of aromatic nitrogens is 4. The normalized spacial score (nSPS) is 18.3. The van der Waals surface area contributed by atoms with Gasteiger partial charge in [0.25, 0.3) is 5.24 Å². The smallest absolute Gasteiger partial charge is 0.288 e. The largest absolute Gasteiger partial charge is 0.489 e. The average Bonchev–Trinajstić information content (AvgIpc) is 3.55. The lowest BCUT2D eigenvalue weighted by Gasteiger charge is -2.37. The van der Waals surface area contributed by atoms with Crippen LogP contribution < -0.4 is 4.74 Å². The Balaban J connectivity index is 1.43. The molecule has 1 fully saturated rings. The van der Waals surface area contributed by atoms with Crippen LogP contribution in [0, 0.1) is 19.3 Å². The number of carbonyl (C=O) groups is 2. The molecule has 2 aromatic carbocycles. The summed E-state index contributed by atoms with van der Waals surface area (Å²) in [6.45, 7) is 13.0. The number of rotatable bonds is 7. The number of nitrogens with zero attached hydrogens (tertiary/aromatic N) is 6. The van der Waals surface area contributed by atoms with Gasteiger partial charge in [-0.2, -0.15) is 0 Å². The van der Waals surface area contributed by atoms with Gasteiger partial charge in [-0.15, -0.1) is 5.10 Å². The first kappa shape index (κ1) is 30.3. The zero-order chi connectivity index (χ0) is 31.2. The molecule has 0 bridgehead atoms. The summed E-state index contributed by atoms with van der Waals surface area (Å²) in [6.07, 6.45) is 4.68. The highest BCUT2D eigenvalue weighted by Gasteiger charge is 2.45. The number of benzene rings is 2. The van der Waals surface area contributed by atoms with Crippen LogP contribution in [0.15, 0.2) is 48.8 Å². The molecular formula is C34H40N6O3S. The Kier molecular flexibility index (Phi) is 8.24. The number of ether oxygens (including phenoxy) is 1. The quantitative estimate of drug-likeness (QED) is 0.251. The number of hydrogen-bond donors (Lipinski definition) is 0. The lowest BCUT2D eigenvalue weighted by atomic mass is 9.69. The zero-order valence-corrected chi connectivity index (χ0v) is 27.1. The van der Waals surface area contributed by atoms with Gasteiger partial charge in [0, 0.05) is 62.9 Å². The van der Waals surface area contributed by atoms with Crippen molar-refractivity contribution in [1.82, 2.24) is 29.8 Å². The molecule has 44 heavy (non-hydrogen) atoms. The predicted octanol–water partition coefficient (Wildman–Crippen LogP) is 6.01. The molecule has 1 saturated heterocycles. The van der Waals surface area contributed by atoms with Gasteiger partial charge in [-0.25, -0.2) is 4.68 Å². The number of aryl methyl sites for hydroxylation is 3. The fraction of sp³-hybridized carbons (Fsp3) is 0.441. The maximum absolute atomic E-state index is 14.2. The van der Waals surface area contributed by atoms with E-state index in [0.29, 0.717) is 12.3 Å². The number of imide groups is 1. The molecule has 2 amide bonds. The average molecular weight is 613 g/mol. The molecule has 2 aliphatic heterocycles. The summed E-state index contributed by atoms with van der Waals surface area (Å²) in [5.74, 6) is 1.06. The lowest BCUT2D eigenvalue weighted by Crippen LogP contribution is -2.44. The van der Waals surface area contributed by atoms with E-state index >= 15 is 0 Å². The number of amides is 2. The van der Waals surface area contributed by atoms with Gasteiger partial charge < -0.3 is 4.74 Å². The molecule has 4 aromatic rings. The van der Waals surface area contributed by atoms with Crippen LogP contribution >= 0.6 is 11.8 Å². The van der Waals surface area contributed by atoms with E-state index in [9.17, 15) is 9.59 Å². The maximum atomic E-state index is 14.2. The highest BCUT2D eigenvalue weighted by Crippen LogP contribution is 2.46. The summed E-state index contributed by atoms with van der Waals surface area (Å²) >= 11 is 1.21. The molecule has 2 aromatic heterocycles. The molecule has 0 aliphatic carbocycles. The summed E-state index contributed by atoms with van der Waals surface area (Å²) in [4.78, 5) is 35.1. The van der Waals surface area contributed by atoms with Crippen LogP contribution in [0.3, 0.4) is 0 Å². The number of hydrogen-bond acceptors (Lipinski definition) is 8. The molecule has 0 radical (unpaired) electrons. The Morgan fingerprint density at radius 2 is 2.00 bits per heavy atom. The van der Waals surface area contributed by atoms with Gasteiger partial charge in [0.15, 0.2) is 0 Å². The molecule has 0 N–H and O–H groups in total. The lowest BCUT2D eigenvalue weighted by molar-refractivity contribution is -0.137. The van der Waals surface area contributed by atoms with E-state index in [1.807, 2.05) is 39.2 Å². The Labute approximate surface area is 263 Å². The van der Waals surface area contributed by atoms with E-state index in [4.69, 9.17) is 4.74 Å². The summed E-state index contributed by atoms with van der Waals surface area (Å²) in [5, 5.41) is 8.54. The molecule has 6 rings (SSSR count). The van der Waals surface area contributed by atoms with Gasteiger partial charge in [0.1, 0.15) is 17.4 Å². The SMILES string of the molecule is CC[C@@H]1CN(Cc2cc(C(c3ccc4c(nnn4C)c3C)C(C)(C)C(=O)N3CCSC3=O)ccc2C)Cc2cnccc2O1. The van der Waals surface area contributed by atoms with Crippen molar-refractivity contribution in [2.75, 3.05) is 18.8 Å². The van der Waals surface area contributed by atoms with Crippen molar-refractivity contribution in [3.8, 4) is 5.75 Å². The summed E-state index contributed by atoms with van der Waals surface area (Å²) in [7, 11) is 1.88. The number of thioether (sulfide) groups is 1. The highest BCUT2D eigenvalue weighted by atomic mass is 32.2. The van der Waals surface area contributed by atoms with E-state index in [-0.39, 0.29) is 23.2 Å². The van der Waals surface area contributed by atoms with Crippen molar-refractivity contribution >= 4 is 33.9 Å². The van der Waals surface area contributed by atoms with Crippen LogP contribution in [0.5, 0.6) is 5.75 Å². The summed E-state index contributed by atoms with van der Waals surface area (Å²) in [6, 6.07) is 12.6. The van der Waals surface area contributed by atoms with Crippen molar-refractivity contribution in [1.29, 1.82) is 0 Å². The fourth-order valence-corrected chi connectivity index (χ4v) is 7.45. The zero-order valence-electron chi connectivity index (χ0n) is 26.3. The van der Waals surface area contributed by atoms with E-state index in [2.05, 4.69) is 65.2 Å². The molecule has 0 spiro atoms. The summed E-state index contributed by atoms with van der Waals surface area (Å²) < 4.78 is 8.10. The van der Waals surface area contributed by atoms with Gasteiger partial charge >= 0.3 is 0 Å². The minimum Gasteiger partial charge on any atom is -0.489 e. The Bertz CT molecular complexity index is 1730. The molecule has 2 aliphatic rings. The van der Waals surface area contributed by atoms with Crippen molar-refractivity contribution in [2.45, 2.75) is 66.2 Å². The van der Waals surface area contributed by atoms with Crippen LogP contribution in [-0.2, 0) is 24.9 Å². The van der Waals surface area contributed by atoms with Gasteiger partial charge in [-0.05, 0) is 60.2 Å². The highest BCUT2D eigenvalue weighted by molar-refractivity contribution is 8.13. The monoisotopic (exact) mass is 612 g/mol. The second kappa shape index (κ2) is 12.0. The molecule has 4 heterocycles. The van der Waals surface area contributed by atoms with E-state index in [1.54, 1.807) is 10.9 Å². The van der Waals surface area contributed by atoms with E-state index in [1.165, 1.54) is 27.8 Å².